The van der Waals surface area contributed by atoms with Crippen LogP contribution >= 0.6 is 24.4 Å². The van der Waals surface area contributed by atoms with Gasteiger partial charge in [-0.3, -0.25) is 4.79 Å². The lowest BCUT2D eigenvalue weighted by Gasteiger charge is -1.97. The minimum atomic E-state index is -0.696. The number of aliphatic carboxylic acids is 1. The van der Waals surface area contributed by atoms with E-state index in [4.69, 9.17) is 5.11 Å². The minimum Gasteiger partial charge on any atom is -0.481 e. The van der Waals surface area contributed by atoms with E-state index in [-0.39, 0.29) is 0 Å². The van der Waals surface area contributed by atoms with Gasteiger partial charge in [-0.2, -0.15) is 24.4 Å². The Bertz CT molecular complexity index is 103. The molecule has 2 nitrogen and oxygen atoms in total. The fourth-order valence-electron chi connectivity index (χ4n) is 0.412. The van der Waals surface area contributed by atoms with Crippen LogP contribution in [-0.2, 0) is 4.79 Å². The van der Waals surface area contributed by atoms with Crippen molar-refractivity contribution in [3.8, 4) is 0 Å². The molecule has 0 aliphatic heterocycles. The van der Waals surface area contributed by atoms with E-state index in [0.29, 0.717) is 12.3 Å². The Morgan fingerprint density at radius 2 is 2.00 bits per heavy atom. The van der Waals surface area contributed by atoms with Crippen LogP contribution in [0.15, 0.2) is 0 Å². The zero-order valence-corrected chi connectivity index (χ0v) is 9.62. The monoisotopic (exact) mass is 210 g/mol. The van der Waals surface area contributed by atoms with Gasteiger partial charge in [0.05, 0.1) is 0 Å². The summed E-state index contributed by atoms with van der Waals surface area (Å²) in [5.41, 5.74) is 0. The van der Waals surface area contributed by atoms with Gasteiger partial charge in [-0.15, -0.1) is 0 Å². The molecule has 4 heteroatoms. The number of rotatable bonds is 4. The predicted octanol–water partition coefficient (Wildman–Crippen LogP) is 2.74. The standard InChI is InChI=1S/C6H12O2.C2H6S2/c1-5(2)3-4-6(7)8;1-4-2-3/h5H,3-4H2,1-2H3,(H,7,8);3H,2H2,1H3. The summed E-state index contributed by atoms with van der Waals surface area (Å²) in [6.45, 7) is 4.03. The van der Waals surface area contributed by atoms with E-state index in [9.17, 15) is 4.79 Å². The predicted molar refractivity (Wildman–Crippen MR) is 59.1 cm³/mol. The van der Waals surface area contributed by atoms with Crippen LogP contribution in [0.25, 0.3) is 0 Å². The van der Waals surface area contributed by atoms with Crippen LogP contribution in [0.4, 0.5) is 0 Å². The molecule has 0 unspecified atom stereocenters. The van der Waals surface area contributed by atoms with Crippen molar-refractivity contribution in [3.63, 3.8) is 0 Å². The zero-order chi connectivity index (χ0) is 9.98. The van der Waals surface area contributed by atoms with Gasteiger partial charge in [0, 0.05) is 11.5 Å². The molecule has 0 bridgehead atoms. The van der Waals surface area contributed by atoms with Crippen LogP contribution in [0.1, 0.15) is 26.7 Å². The van der Waals surface area contributed by atoms with Gasteiger partial charge in [-0.05, 0) is 18.6 Å². The van der Waals surface area contributed by atoms with Gasteiger partial charge in [0.2, 0.25) is 0 Å². The minimum absolute atomic E-state index is 0.303. The largest absolute Gasteiger partial charge is 0.481 e. The van der Waals surface area contributed by atoms with Crippen molar-refractivity contribution in [2.45, 2.75) is 26.7 Å². The molecule has 0 spiro atoms. The van der Waals surface area contributed by atoms with Gasteiger partial charge in [-0.1, -0.05) is 13.8 Å². The highest BCUT2D eigenvalue weighted by Gasteiger charge is 1.97. The molecular weight excluding hydrogens is 192 g/mol. The Morgan fingerprint density at radius 1 is 1.58 bits per heavy atom. The topological polar surface area (TPSA) is 37.3 Å². The molecule has 12 heavy (non-hydrogen) atoms. The van der Waals surface area contributed by atoms with Crippen LogP contribution in [-0.4, -0.2) is 22.4 Å². The first-order valence-electron chi connectivity index (χ1n) is 3.86. The fourth-order valence-corrected chi connectivity index (χ4v) is 0.412. The van der Waals surface area contributed by atoms with Crippen molar-refractivity contribution in [1.82, 2.24) is 0 Å². The maximum atomic E-state index is 9.90. The normalized spacial score (nSPS) is 9.08. The number of carbonyl (C=O) groups is 1. The summed E-state index contributed by atoms with van der Waals surface area (Å²) < 4.78 is 0. The molecule has 0 saturated carbocycles. The van der Waals surface area contributed by atoms with Gasteiger partial charge in [0.25, 0.3) is 0 Å². The first kappa shape index (κ1) is 14.7. The summed E-state index contributed by atoms with van der Waals surface area (Å²) >= 11 is 5.60. The van der Waals surface area contributed by atoms with Gasteiger partial charge >= 0.3 is 5.97 Å². The quantitative estimate of drug-likeness (QED) is 0.553. The van der Waals surface area contributed by atoms with E-state index < -0.39 is 5.97 Å². The lowest BCUT2D eigenvalue weighted by Crippen LogP contribution is -1.97. The summed E-state index contributed by atoms with van der Waals surface area (Å²) in [4.78, 5) is 9.90. The van der Waals surface area contributed by atoms with Crippen LogP contribution in [0.2, 0.25) is 0 Å². The number of carboxylic acid groups (broad SMARTS) is 1. The third kappa shape index (κ3) is 22.5. The molecule has 74 valence electrons. The highest BCUT2D eigenvalue weighted by Crippen LogP contribution is 2.01. The highest BCUT2D eigenvalue weighted by molar-refractivity contribution is 8.08. The van der Waals surface area contributed by atoms with Gasteiger partial charge in [0.15, 0.2) is 0 Å². The van der Waals surface area contributed by atoms with E-state index >= 15 is 0 Å². The van der Waals surface area contributed by atoms with Crippen LogP contribution in [0.3, 0.4) is 0 Å². The fraction of sp³-hybridized carbons (Fsp3) is 0.875. The summed E-state index contributed by atoms with van der Waals surface area (Å²) in [6, 6.07) is 0. The molecule has 0 radical (unpaired) electrons. The van der Waals surface area contributed by atoms with Crippen molar-refractivity contribution in [2.24, 2.45) is 5.92 Å². The number of thiol groups is 1. The number of thioether (sulfide) groups is 1. The summed E-state index contributed by atoms with van der Waals surface area (Å²) in [5, 5.41) is 9.09. The molecule has 1 N–H and O–H groups in total. The second-order valence-electron chi connectivity index (χ2n) is 2.74. The Hall–Kier alpha value is 0.170. The zero-order valence-electron chi connectivity index (χ0n) is 7.91. The molecule has 0 aliphatic rings. The lowest BCUT2D eigenvalue weighted by molar-refractivity contribution is -0.137. The molecule has 0 aliphatic carbocycles. The Kier molecular flexibility index (Phi) is 13.7. The van der Waals surface area contributed by atoms with E-state index in [1.165, 1.54) is 0 Å². The highest BCUT2D eigenvalue weighted by atomic mass is 32.2. The summed E-state index contributed by atoms with van der Waals surface area (Å²) in [6.07, 6.45) is 3.11. The molecular formula is C8H18O2S2. The Morgan fingerprint density at radius 3 is 2.08 bits per heavy atom. The van der Waals surface area contributed by atoms with E-state index in [1.54, 1.807) is 11.8 Å². The summed E-state index contributed by atoms with van der Waals surface area (Å²) in [7, 11) is 0. The molecule has 0 amide bonds. The average molecular weight is 210 g/mol. The molecule has 0 aromatic rings. The van der Waals surface area contributed by atoms with E-state index in [2.05, 4.69) is 12.6 Å². The van der Waals surface area contributed by atoms with E-state index in [1.807, 2.05) is 20.1 Å². The molecule has 0 atom stereocenters. The van der Waals surface area contributed by atoms with Crippen molar-refractivity contribution in [1.29, 1.82) is 0 Å². The lowest BCUT2D eigenvalue weighted by atomic mass is 10.1. The number of hydrogen-bond acceptors (Lipinski definition) is 3. The van der Waals surface area contributed by atoms with E-state index in [0.717, 1.165) is 11.5 Å². The average Bonchev–Trinajstić information content (AvgIpc) is 2.01. The van der Waals surface area contributed by atoms with Crippen molar-refractivity contribution < 1.29 is 9.90 Å². The molecule has 0 heterocycles. The Balaban J connectivity index is 0. The molecule has 0 fully saturated rings. The van der Waals surface area contributed by atoms with Crippen LogP contribution in [0.5, 0.6) is 0 Å². The summed E-state index contributed by atoms with van der Waals surface area (Å²) in [5.74, 6) is -0.190. The maximum absolute atomic E-state index is 9.90. The molecule has 0 saturated heterocycles. The van der Waals surface area contributed by atoms with Crippen molar-refractivity contribution >= 4 is 30.4 Å². The maximum Gasteiger partial charge on any atom is 0.303 e. The third-order valence-corrected chi connectivity index (χ3v) is 2.10. The van der Waals surface area contributed by atoms with Gasteiger partial charge in [-0.25, -0.2) is 0 Å². The van der Waals surface area contributed by atoms with Gasteiger partial charge in [0.1, 0.15) is 0 Å². The van der Waals surface area contributed by atoms with Crippen LogP contribution < -0.4 is 0 Å². The molecule has 0 rings (SSSR count). The Labute approximate surface area is 84.5 Å². The number of carboxylic acids is 1. The van der Waals surface area contributed by atoms with Gasteiger partial charge < -0.3 is 5.11 Å². The molecule has 0 aromatic heterocycles. The second kappa shape index (κ2) is 11.2. The molecule has 0 aromatic carbocycles. The van der Waals surface area contributed by atoms with Crippen molar-refractivity contribution in [3.05, 3.63) is 0 Å². The second-order valence-corrected chi connectivity index (χ2v) is 4.35. The first-order valence-corrected chi connectivity index (χ1v) is 5.88. The SMILES string of the molecule is CC(C)CCC(=O)O.CSCS. The van der Waals surface area contributed by atoms with Crippen LogP contribution in [0, 0.1) is 5.92 Å². The number of hydrogen-bond donors (Lipinski definition) is 2. The van der Waals surface area contributed by atoms with Crippen molar-refractivity contribution in [2.75, 3.05) is 11.3 Å². The smallest absolute Gasteiger partial charge is 0.303 e. The third-order valence-electron chi connectivity index (χ3n) is 1.06. The first-order chi connectivity index (χ1) is 5.54.